The Morgan fingerprint density at radius 1 is 1.55 bits per heavy atom. The number of rotatable bonds is 2. The van der Waals surface area contributed by atoms with E-state index in [0.29, 0.717) is 11.8 Å². The third kappa shape index (κ3) is 0.934. The molecule has 0 aromatic rings. The Kier molecular flexibility index (Phi) is 1.41. The standard InChI is InChI=1S/C9H9O2/c10-5-9(11)8-4-6-1-2-7(8)3-6/h4,6-7H,1-3H2. The van der Waals surface area contributed by atoms with Gasteiger partial charge in [-0.25, -0.2) is 0 Å². The van der Waals surface area contributed by atoms with E-state index in [1.54, 1.807) is 0 Å². The predicted octanol–water partition coefficient (Wildman–Crippen LogP) is 1.02. The first kappa shape index (κ1) is 6.77. The maximum absolute atomic E-state index is 10.9. The average molecular weight is 149 g/mol. The van der Waals surface area contributed by atoms with Crippen LogP contribution >= 0.6 is 0 Å². The molecular weight excluding hydrogens is 140 g/mol. The Labute approximate surface area is 65.3 Å². The van der Waals surface area contributed by atoms with Crippen LogP contribution in [0.25, 0.3) is 0 Å². The van der Waals surface area contributed by atoms with Gasteiger partial charge in [-0.3, -0.25) is 9.59 Å². The van der Waals surface area contributed by atoms with Crippen molar-refractivity contribution in [3.05, 3.63) is 11.6 Å². The van der Waals surface area contributed by atoms with Gasteiger partial charge in [-0.2, -0.15) is 0 Å². The lowest BCUT2D eigenvalue weighted by atomic mass is 9.96. The molecule has 1 fully saturated rings. The monoisotopic (exact) mass is 149 g/mol. The van der Waals surface area contributed by atoms with Crippen molar-refractivity contribution in [1.29, 1.82) is 0 Å². The zero-order valence-corrected chi connectivity index (χ0v) is 6.17. The summed E-state index contributed by atoms with van der Waals surface area (Å²) in [5, 5.41) is 0. The first-order chi connectivity index (χ1) is 5.31. The van der Waals surface area contributed by atoms with Crippen LogP contribution < -0.4 is 0 Å². The van der Waals surface area contributed by atoms with Gasteiger partial charge in [0.2, 0.25) is 5.78 Å². The molecule has 2 atom stereocenters. The third-order valence-corrected chi connectivity index (χ3v) is 2.68. The van der Waals surface area contributed by atoms with Crippen LogP contribution in [0.2, 0.25) is 0 Å². The molecule has 11 heavy (non-hydrogen) atoms. The highest BCUT2D eigenvalue weighted by molar-refractivity contribution is 6.33. The van der Waals surface area contributed by atoms with Gasteiger partial charge < -0.3 is 0 Å². The maximum atomic E-state index is 10.9. The molecule has 2 heteroatoms. The van der Waals surface area contributed by atoms with Crippen LogP contribution in [0.4, 0.5) is 0 Å². The highest BCUT2D eigenvalue weighted by Gasteiger charge is 2.35. The molecule has 0 saturated heterocycles. The van der Waals surface area contributed by atoms with Crippen LogP contribution in [-0.2, 0) is 9.59 Å². The fourth-order valence-corrected chi connectivity index (χ4v) is 2.16. The Hall–Kier alpha value is -0.920. The average Bonchev–Trinajstić information content (AvgIpc) is 2.62. The van der Waals surface area contributed by atoms with E-state index in [1.807, 2.05) is 6.08 Å². The van der Waals surface area contributed by atoms with Gasteiger partial charge in [0.15, 0.2) is 0 Å². The topological polar surface area (TPSA) is 34.1 Å². The summed E-state index contributed by atoms with van der Waals surface area (Å²) >= 11 is 0. The van der Waals surface area contributed by atoms with Gasteiger partial charge in [-0.05, 0) is 31.1 Å². The maximum Gasteiger partial charge on any atom is 0.277 e. The molecule has 0 spiro atoms. The summed E-state index contributed by atoms with van der Waals surface area (Å²) < 4.78 is 0. The van der Waals surface area contributed by atoms with E-state index in [1.165, 1.54) is 12.7 Å². The molecule has 1 radical (unpaired) electrons. The summed E-state index contributed by atoms with van der Waals surface area (Å²) in [6.07, 6.45) is 6.76. The fraction of sp³-hybridized carbons (Fsp3) is 0.556. The highest BCUT2D eigenvalue weighted by atomic mass is 16.2. The molecular formula is C9H9O2. The molecule has 2 rings (SSSR count). The van der Waals surface area contributed by atoms with Gasteiger partial charge in [0.25, 0.3) is 6.29 Å². The molecule has 2 aliphatic rings. The highest BCUT2D eigenvalue weighted by Crippen LogP contribution is 2.43. The SMILES string of the molecule is O=[C]C(=O)C1=CC2CCC1C2. The minimum absolute atomic E-state index is 0.383. The Balaban J connectivity index is 2.22. The molecule has 0 N–H and O–H groups in total. The van der Waals surface area contributed by atoms with Crippen LogP contribution in [0.3, 0.4) is 0 Å². The minimum atomic E-state index is -0.419. The molecule has 0 aromatic carbocycles. The number of carbonyl (C=O) groups is 1. The molecule has 2 nitrogen and oxygen atoms in total. The van der Waals surface area contributed by atoms with Crippen LogP contribution in [0.15, 0.2) is 11.6 Å². The van der Waals surface area contributed by atoms with E-state index >= 15 is 0 Å². The van der Waals surface area contributed by atoms with Crippen molar-refractivity contribution >= 4 is 12.1 Å². The van der Waals surface area contributed by atoms with Crippen LogP contribution in [0, 0.1) is 11.8 Å². The van der Waals surface area contributed by atoms with E-state index in [4.69, 9.17) is 0 Å². The van der Waals surface area contributed by atoms with E-state index < -0.39 is 5.78 Å². The number of fused-ring (bicyclic) bond motifs is 2. The molecule has 0 heterocycles. The number of ketones is 1. The van der Waals surface area contributed by atoms with E-state index in [0.717, 1.165) is 18.4 Å². The zero-order valence-electron chi connectivity index (χ0n) is 6.17. The van der Waals surface area contributed by atoms with Crippen LogP contribution in [0.5, 0.6) is 0 Å². The number of hydrogen-bond acceptors (Lipinski definition) is 2. The molecule has 57 valence electrons. The minimum Gasteiger partial charge on any atom is -0.285 e. The molecule has 0 amide bonds. The summed E-state index contributed by atoms with van der Waals surface area (Å²) in [4.78, 5) is 21.0. The number of carbonyl (C=O) groups excluding carboxylic acids is 2. The zero-order chi connectivity index (χ0) is 7.84. The molecule has 1 saturated carbocycles. The number of Topliss-reactive ketones (excluding diaryl/α,β-unsaturated/α-hetero) is 1. The van der Waals surface area contributed by atoms with Gasteiger partial charge in [0, 0.05) is 5.57 Å². The van der Waals surface area contributed by atoms with Crippen LogP contribution in [0.1, 0.15) is 19.3 Å². The van der Waals surface area contributed by atoms with E-state index in [-0.39, 0.29) is 0 Å². The molecule has 0 aromatic heterocycles. The van der Waals surface area contributed by atoms with Crippen molar-refractivity contribution in [2.45, 2.75) is 19.3 Å². The largest absolute Gasteiger partial charge is 0.285 e. The van der Waals surface area contributed by atoms with Crippen molar-refractivity contribution in [3.8, 4) is 0 Å². The summed E-state index contributed by atoms with van der Waals surface area (Å²) in [5.41, 5.74) is 0.733. The summed E-state index contributed by atoms with van der Waals surface area (Å²) in [5.74, 6) is 0.540. The normalized spacial score (nSPS) is 33.6. The predicted molar refractivity (Wildman–Crippen MR) is 39.6 cm³/mol. The Morgan fingerprint density at radius 3 is 2.82 bits per heavy atom. The van der Waals surface area contributed by atoms with Gasteiger partial charge in [0.1, 0.15) is 0 Å². The second kappa shape index (κ2) is 2.29. The number of allylic oxidation sites excluding steroid dienone is 2. The molecule has 0 aliphatic heterocycles. The lowest BCUT2D eigenvalue weighted by Crippen LogP contribution is -2.10. The Morgan fingerprint density at radius 2 is 2.36 bits per heavy atom. The first-order valence-corrected chi connectivity index (χ1v) is 3.95. The van der Waals surface area contributed by atoms with Crippen molar-refractivity contribution < 1.29 is 9.59 Å². The molecule has 2 unspecified atom stereocenters. The van der Waals surface area contributed by atoms with E-state index in [9.17, 15) is 9.59 Å². The first-order valence-electron chi connectivity index (χ1n) is 3.95. The van der Waals surface area contributed by atoms with Crippen molar-refractivity contribution in [2.24, 2.45) is 11.8 Å². The second-order valence-electron chi connectivity index (χ2n) is 3.32. The second-order valence-corrected chi connectivity index (χ2v) is 3.32. The molecule has 2 aliphatic carbocycles. The fourth-order valence-electron chi connectivity index (χ4n) is 2.16. The van der Waals surface area contributed by atoms with Gasteiger partial charge in [0.05, 0.1) is 0 Å². The Bertz CT molecular complexity index is 240. The smallest absolute Gasteiger partial charge is 0.277 e. The number of hydrogen-bond donors (Lipinski definition) is 0. The summed E-state index contributed by atoms with van der Waals surface area (Å²) in [7, 11) is 0. The van der Waals surface area contributed by atoms with Crippen molar-refractivity contribution in [1.82, 2.24) is 0 Å². The van der Waals surface area contributed by atoms with Gasteiger partial charge in [-0.15, -0.1) is 0 Å². The van der Waals surface area contributed by atoms with Crippen LogP contribution in [-0.4, -0.2) is 12.1 Å². The van der Waals surface area contributed by atoms with E-state index in [2.05, 4.69) is 0 Å². The lowest BCUT2D eigenvalue weighted by Gasteiger charge is -2.07. The van der Waals surface area contributed by atoms with Crippen molar-refractivity contribution in [2.75, 3.05) is 0 Å². The summed E-state index contributed by atoms with van der Waals surface area (Å²) in [6, 6.07) is 0. The van der Waals surface area contributed by atoms with Gasteiger partial charge in [-0.1, -0.05) is 6.08 Å². The third-order valence-electron chi connectivity index (χ3n) is 2.68. The summed E-state index contributed by atoms with van der Waals surface area (Å²) in [6.45, 7) is 0. The molecule has 2 bridgehead atoms. The quantitative estimate of drug-likeness (QED) is 0.549. The lowest BCUT2D eigenvalue weighted by molar-refractivity contribution is -0.110. The van der Waals surface area contributed by atoms with Gasteiger partial charge >= 0.3 is 0 Å². The van der Waals surface area contributed by atoms with Crippen molar-refractivity contribution in [3.63, 3.8) is 0 Å².